The van der Waals surface area contributed by atoms with Crippen molar-refractivity contribution in [2.24, 2.45) is 10.8 Å². The molecule has 0 spiro atoms. The quantitative estimate of drug-likeness (QED) is 0.249. The molecule has 0 unspecified atom stereocenters. The van der Waals surface area contributed by atoms with E-state index in [-0.39, 0.29) is 11.6 Å². The number of aliphatic carboxylic acids is 1. The summed E-state index contributed by atoms with van der Waals surface area (Å²) in [6.45, 7) is 11.1. The molecule has 164 valence electrons. The molecule has 0 saturated heterocycles. The lowest BCUT2D eigenvalue weighted by molar-refractivity contribution is -0.328. The Morgan fingerprint density at radius 3 is 1.26 bits per heavy atom. The van der Waals surface area contributed by atoms with Gasteiger partial charge in [0.2, 0.25) is 0 Å². The average molecular weight is 386 g/mol. The summed E-state index contributed by atoms with van der Waals surface area (Å²) in [5, 5.41) is 12.7. The average Bonchev–Trinajstić information content (AvgIpc) is 2.64. The topological polar surface area (TPSA) is 76.6 Å². The lowest BCUT2D eigenvalue weighted by atomic mass is 9.53. The molecule has 0 fully saturated rings. The van der Waals surface area contributed by atoms with Crippen LogP contribution in [-0.2, 0) is 4.79 Å². The predicted octanol–water partition coefficient (Wildman–Crippen LogP) is 7.43. The zero-order chi connectivity index (χ0) is 19.9. The van der Waals surface area contributed by atoms with Crippen molar-refractivity contribution in [2.75, 3.05) is 0 Å². The number of carboxylic acids is 1. The summed E-state index contributed by atoms with van der Waals surface area (Å²) in [7, 11) is 0. The SMILES string of the molecule is CCCCCC(CCCC)(CCCC)C(CCCC)(CCCC)C(=O)[O-].[NH4+]. The van der Waals surface area contributed by atoms with E-state index in [9.17, 15) is 9.90 Å². The number of hydrogen-bond donors (Lipinski definition) is 1. The van der Waals surface area contributed by atoms with Gasteiger partial charge in [0, 0.05) is 11.4 Å². The van der Waals surface area contributed by atoms with Gasteiger partial charge in [-0.1, -0.05) is 105 Å². The van der Waals surface area contributed by atoms with Crippen molar-refractivity contribution in [1.29, 1.82) is 0 Å². The number of quaternary nitrogens is 1. The van der Waals surface area contributed by atoms with E-state index in [2.05, 4.69) is 34.6 Å². The maximum Gasteiger partial charge on any atom is 0.0481 e. The van der Waals surface area contributed by atoms with E-state index in [1.807, 2.05) is 0 Å². The maximum atomic E-state index is 12.7. The monoisotopic (exact) mass is 385 g/mol. The number of carbonyl (C=O) groups is 1. The maximum absolute atomic E-state index is 12.7. The molecule has 0 aromatic rings. The van der Waals surface area contributed by atoms with Crippen LogP contribution >= 0.6 is 0 Å². The predicted molar refractivity (Wildman–Crippen MR) is 118 cm³/mol. The van der Waals surface area contributed by atoms with Gasteiger partial charge in [0.05, 0.1) is 0 Å². The molecule has 0 heterocycles. The van der Waals surface area contributed by atoms with Crippen LogP contribution in [0.3, 0.4) is 0 Å². The Morgan fingerprint density at radius 1 is 0.593 bits per heavy atom. The second-order valence-electron chi connectivity index (χ2n) is 8.52. The van der Waals surface area contributed by atoms with Crippen molar-refractivity contribution < 1.29 is 9.90 Å². The molecule has 0 atom stereocenters. The lowest BCUT2D eigenvalue weighted by Crippen LogP contribution is -2.54. The van der Waals surface area contributed by atoms with Crippen molar-refractivity contribution in [2.45, 2.75) is 137 Å². The number of hydrogen-bond acceptors (Lipinski definition) is 2. The molecule has 27 heavy (non-hydrogen) atoms. The van der Waals surface area contributed by atoms with Gasteiger partial charge < -0.3 is 16.1 Å². The largest absolute Gasteiger partial charge is 0.550 e. The first kappa shape index (κ1) is 28.6. The summed E-state index contributed by atoms with van der Waals surface area (Å²) >= 11 is 0. The molecule has 0 radical (unpaired) electrons. The first-order valence-corrected chi connectivity index (χ1v) is 11.7. The fourth-order valence-electron chi connectivity index (χ4n) is 4.87. The number of unbranched alkanes of at least 4 members (excludes halogenated alkanes) is 6. The van der Waals surface area contributed by atoms with Gasteiger partial charge in [0.1, 0.15) is 0 Å². The van der Waals surface area contributed by atoms with Gasteiger partial charge in [-0.15, -0.1) is 0 Å². The fourth-order valence-corrected chi connectivity index (χ4v) is 4.87. The highest BCUT2D eigenvalue weighted by molar-refractivity contribution is 5.73. The van der Waals surface area contributed by atoms with Crippen LogP contribution in [0.25, 0.3) is 0 Å². The molecule has 0 aliphatic carbocycles. The van der Waals surface area contributed by atoms with E-state index in [4.69, 9.17) is 0 Å². The molecular formula is C24H51NO2. The fraction of sp³-hybridized carbons (Fsp3) is 0.958. The van der Waals surface area contributed by atoms with Gasteiger partial charge >= 0.3 is 0 Å². The third kappa shape index (κ3) is 8.54. The molecule has 4 N–H and O–H groups in total. The molecule has 3 heteroatoms. The van der Waals surface area contributed by atoms with Crippen molar-refractivity contribution in [3.8, 4) is 0 Å². The highest BCUT2D eigenvalue weighted by Gasteiger charge is 2.49. The van der Waals surface area contributed by atoms with Crippen molar-refractivity contribution >= 4 is 5.97 Å². The van der Waals surface area contributed by atoms with E-state index in [1.165, 1.54) is 12.8 Å². The van der Waals surface area contributed by atoms with Crippen LogP contribution < -0.4 is 11.3 Å². The lowest BCUT2D eigenvalue weighted by Gasteiger charge is -2.53. The minimum Gasteiger partial charge on any atom is -0.550 e. The zero-order valence-electron chi connectivity index (χ0n) is 19.6. The molecule has 0 aromatic carbocycles. The van der Waals surface area contributed by atoms with Gasteiger partial charge in [-0.3, -0.25) is 0 Å². The summed E-state index contributed by atoms with van der Waals surface area (Å²) in [5.41, 5.74) is -0.700. The normalized spacial score (nSPS) is 12.0. The second kappa shape index (κ2) is 16.4. The summed E-state index contributed by atoms with van der Waals surface area (Å²) < 4.78 is 0. The van der Waals surface area contributed by atoms with Gasteiger partial charge in [0.15, 0.2) is 0 Å². The van der Waals surface area contributed by atoms with E-state index < -0.39 is 11.4 Å². The number of carbonyl (C=O) groups excluding carboxylic acids is 1. The highest BCUT2D eigenvalue weighted by Crippen LogP contribution is 2.56. The van der Waals surface area contributed by atoms with Crippen LogP contribution in [0.5, 0.6) is 0 Å². The van der Waals surface area contributed by atoms with Crippen molar-refractivity contribution in [1.82, 2.24) is 6.15 Å². The minimum absolute atomic E-state index is 0. The molecular weight excluding hydrogens is 334 g/mol. The molecule has 0 rings (SSSR count). The Balaban J connectivity index is 0. The van der Waals surface area contributed by atoms with E-state index in [1.54, 1.807) is 0 Å². The molecule has 0 saturated carbocycles. The summed E-state index contributed by atoms with van der Waals surface area (Å²) in [6.07, 6.45) is 17.1. The number of carboxylic acid groups (broad SMARTS) is 1. The van der Waals surface area contributed by atoms with Crippen LogP contribution in [0, 0.1) is 10.8 Å². The van der Waals surface area contributed by atoms with Crippen LogP contribution in [-0.4, -0.2) is 5.97 Å². The molecule has 0 aromatic heterocycles. The zero-order valence-corrected chi connectivity index (χ0v) is 19.6. The summed E-state index contributed by atoms with van der Waals surface area (Å²) in [5.74, 6) is -0.747. The van der Waals surface area contributed by atoms with Crippen molar-refractivity contribution in [3.05, 3.63) is 0 Å². The third-order valence-electron chi connectivity index (χ3n) is 6.60. The Kier molecular flexibility index (Phi) is 17.4. The van der Waals surface area contributed by atoms with Gasteiger partial charge in [-0.25, -0.2) is 0 Å². The van der Waals surface area contributed by atoms with Crippen LogP contribution in [0.2, 0.25) is 0 Å². The van der Waals surface area contributed by atoms with Crippen molar-refractivity contribution in [3.63, 3.8) is 0 Å². The molecule has 3 nitrogen and oxygen atoms in total. The first-order valence-electron chi connectivity index (χ1n) is 11.7. The summed E-state index contributed by atoms with van der Waals surface area (Å²) in [4.78, 5) is 12.7. The standard InChI is InChI=1S/C24H48O2.H3N/c1-6-11-16-19-23(17-12-7-2,18-13-8-3)24(22(25)26,20-14-9-4)21-15-10-5;/h6-21H2,1-5H3,(H,25,26);1H3. The smallest absolute Gasteiger partial charge is 0.0481 e. The molecule has 0 aliphatic heterocycles. The van der Waals surface area contributed by atoms with Gasteiger partial charge in [0.25, 0.3) is 0 Å². The summed E-state index contributed by atoms with van der Waals surface area (Å²) in [6, 6.07) is 0. The Labute approximate surface area is 170 Å². The van der Waals surface area contributed by atoms with E-state index in [0.29, 0.717) is 0 Å². The minimum atomic E-state index is -0.747. The molecule has 0 amide bonds. The van der Waals surface area contributed by atoms with E-state index >= 15 is 0 Å². The second-order valence-corrected chi connectivity index (χ2v) is 8.52. The van der Waals surface area contributed by atoms with Crippen LogP contribution in [0.1, 0.15) is 137 Å². The van der Waals surface area contributed by atoms with Gasteiger partial charge in [-0.2, -0.15) is 0 Å². The molecule has 0 aliphatic rings. The van der Waals surface area contributed by atoms with Crippen LogP contribution in [0.4, 0.5) is 0 Å². The van der Waals surface area contributed by atoms with Crippen LogP contribution in [0.15, 0.2) is 0 Å². The Hall–Kier alpha value is -0.570. The highest BCUT2D eigenvalue weighted by atomic mass is 16.4. The number of rotatable bonds is 18. The van der Waals surface area contributed by atoms with Gasteiger partial charge in [-0.05, 0) is 37.5 Å². The Bertz CT molecular complexity index is 338. The van der Waals surface area contributed by atoms with E-state index in [0.717, 1.165) is 89.9 Å². The first-order chi connectivity index (χ1) is 12.5. The molecule has 0 bridgehead atoms. The third-order valence-corrected chi connectivity index (χ3v) is 6.60. The Morgan fingerprint density at radius 2 is 0.926 bits per heavy atom.